The van der Waals surface area contributed by atoms with E-state index in [2.05, 4.69) is 13.8 Å². The molecule has 0 saturated carbocycles. The highest BCUT2D eigenvalue weighted by atomic mass is 32.2. The van der Waals surface area contributed by atoms with E-state index in [0.717, 1.165) is 11.3 Å². The molecule has 1 amide bonds. The third-order valence-corrected chi connectivity index (χ3v) is 6.09. The number of nitrogens with zero attached hydrogens (tertiary/aromatic N) is 2. The molecular formula is C21H22N2O4S. The van der Waals surface area contributed by atoms with Crippen molar-refractivity contribution in [2.45, 2.75) is 46.1 Å². The number of thioether (sulfide) groups is 1. The van der Waals surface area contributed by atoms with Gasteiger partial charge in [-0.15, -0.1) is 0 Å². The van der Waals surface area contributed by atoms with Crippen molar-refractivity contribution in [1.82, 2.24) is 4.90 Å². The summed E-state index contributed by atoms with van der Waals surface area (Å²) in [4.78, 5) is 43.4. The quantitative estimate of drug-likeness (QED) is 0.562. The molecule has 0 radical (unpaired) electrons. The monoisotopic (exact) mass is 398 g/mol. The van der Waals surface area contributed by atoms with Gasteiger partial charge in [0.25, 0.3) is 0 Å². The Balaban J connectivity index is 1.81. The van der Waals surface area contributed by atoms with E-state index < -0.39 is 12.0 Å². The number of ketones is 1. The molecule has 2 aliphatic heterocycles. The summed E-state index contributed by atoms with van der Waals surface area (Å²) >= 11 is 1.56. The average Bonchev–Trinajstić information content (AvgIpc) is 2.59. The Morgan fingerprint density at radius 3 is 2.61 bits per heavy atom. The highest BCUT2D eigenvalue weighted by molar-refractivity contribution is 8.14. The van der Waals surface area contributed by atoms with Crippen LogP contribution >= 0.6 is 11.8 Å². The summed E-state index contributed by atoms with van der Waals surface area (Å²) in [6.07, 6.45) is 1.57. The molecule has 3 aliphatic rings. The molecule has 4 rings (SSSR count). The van der Waals surface area contributed by atoms with Gasteiger partial charge in [0.1, 0.15) is 5.75 Å². The van der Waals surface area contributed by atoms with Crippen molar-refractivity contribution in [3.05, 3.63) is 41.1 Å². The van der Waals surface area contributed by atoms with Crippen LogP contribution in [0.25, 0.3) is 0 Å². The Bertz CT molecular complexity index is 930. The molecule has 1 aromatic rings. The van der Waals surface area contributed by atoms with E-state index in [1.807, 2.05) is 12.1 Å². The van der Waals surface area contributed by atoms with Gasteiger partial charge in [-0.05, 0) is 29.5 Å². The van der Waals surface area contributed by atoms with Gasteiger partial charge in [-0.25, -0.2) is 4.99 Å². The molecule has 6 nitrogen and oxygen atoms in total. The minimum Gasteiger partial charge on any atom is -0.427 e. The van der Waals surface area contributed by atoms with E-state index in [4.69, 9.17) is 9.73 Å². The molecule has 1 atom stereocenters. The maximum atomic E-state index is 13.1. The second-order valence-corrected chi connectivity index (χ2v) is 9.19. The zero-order valence-corrected chi connectivity index (χ0v) is 17.0. The molecule has 1 aromatic carbocycles. The summed E-state index contributed by atoms with van der Waals surface area (Å²) in [6, 6.07) is 6.55. The first-order chi connectivity index (χ1) is 13.2. The number of fused-ring (bicyclic) bond motifs is 1. The first-order valence-electron chi connectivity index (χ1n) is 9.33. The van der Waals surface area contributed by atoms with Crippen LogP contribution in [0.3, 0.4) is 0 Å². The predicted octanol–water partition coefficient (Wildman–Crippen LogP) is 3.63. The van der Waals surface area contributed by atoms with Crippen LogP contribution < -0.4 is 4.74 Å². The Morgan fingerprint density at radius 2 is 1.93 bits per heavy atom. The number of esters is 1. The van der Waals surface area contributed by atoms with Crippen molar-refractivity contribution in [3.8, 4) is 5.75 Å². The maximum Gasteiger partial charge on any atom is 0.308 e. The fourth-order valence-electron chi connectivity index (χ4n) is 4.02. The summed E-state index contributed by atoms with van der Waals surface area (Å²) in [7, 11) is 0. The maximum absolute atomic E-state index is 13.1. The van der Waals surface area contributed by atoms with Gasteiger partial charge >= 0.3 is 5.97 Å². The largest absolute Gasteiger partial charge is 0.427 e. The molecule has 1 saturated heterocycles. The minimum atomic E-state index is -0.474. The summed E-state index contributed by atoms with van der Waals surface area (Å²) in [5.41, 5.74) is 2.09. The molecular weight excluding hydrogens is 376 g/mol. The van der Waals surface area contributed by atoms with Gasteiger partial charge in [0.2, 0.25) is 5.91 Å². The van der Waals surface area contributed by atoms with Crippen LogP contribution in [0.15, 0.2) is 40.5 Å². The Hall–Kier alpha value is -2.41. The van der Waals surface area contributed by atoms with Gasteiger partial charge < -0.3 is 4.74 Å². The molecule has 0 spiro atoms. The normalized spacial score (nSPS) is 23.8. The number of hydrogen-bond acceptors (Lipinski definition) is 6. The minimum absolute atomic E-state index is 0.0178. The molecule has 7 heteroatoms. The third-order valence-electron chi connectivity index (χ3n) is 5.14. The van der Waals surface area contributed by atoms with E-state index in [1.165, 1.54) is 6.92 Å². The van der Waals surface area contributed by atoms with Crippen molar-refractivity contribution in [1.29, 1.82) is 0 Å². The third kappa shape index (κ3) is 3.39. The fraction of sp³-hybridized carbons (Fsp3) is 0.429. The first kappa shape index (κ1) is 18.9. The number of allylic oxidation sites excluding steroid dienone is 1. The lowest BCUT2D eigenvalue weighted by Gasteiger charge is -2.43. The van der Waals surface area contributed by atoms with Crippen LogP contribution in [-0.2, 0) is 14.4 Å². The smallest absolute Gasteiger partial charge is 0.308 e. The number of ether oxygens (including phenoxy) is 1. The molecule has 28 heavy (non-hydrogen) atoms. The second kappa shape index (κ2) is 6.88. The number of carbonyl (C=O) groups excluding carboxylic acids is 3. The predicted molar refractivity (Wildman–Crippen MR) is 107 cm³/mol. The zero-order valence-electron chi connectivity index (χ0n) is 16.2. The summed E-state index contributed by atoms with van der Waals surface area (Å²) in [5.74, 6) is 0.775. The van der Waals surface area contributed by atoms with Gasteiger partial charge in [-0.3, -0.25) is 19.3 Å². The zero-order chi connectivity index (χ0) is 20.1. The van der Waals surface area contributed by atoms with Crippen molar-refractivity contribution in [2.24, 2.45) is 10.4 Å². The Morgan fingerprint density at radius 1 is 1.21 bits per heavy atom. The molecule has 0 bridgehead atoms. The van der Waals surface area contributed by atoms with Gasteiger partial charge in [-0.2, -0.15) is 0 Å². The average molecular weight is 398 g/mol. The van der Waals surface area contributed by atoms with Crippen molar-refractivity contribution >= 4 is 34.6 Å². The second-order valence-electron chi connectivity index (χ2n) is 8.12. The van der Waals surface area contributed by atoms with Gasteiger partial charge in [-0.1, -0.05) is 37.7 Å². The van der Waals surface area contributed by atoms with Crippen molar-refractivity contribution in [2.75, 3.05) is 5.75 Å². The summed E-state index contributed by atoms with van der Waals surface area (Å²) < 4.78 is 5.11. The highest BCUT2D eigenvalue weighted by Gasteiger charge is 2.45. The van der Waals surface area contributed by atoms with E-state index in [0.29, 0.717) is 41.5 Å². The SMILES string of the molecule is CC(=O)Oc1ccc(C2C3=C(CC(C)(C)CC3=O)N=C3SCCC(=O)N32)cc1. The van der Waals surface area contributed by atoms with Crippen LogP contribution in [0.5, 0.6) is 5.75 Å². The van der Waals surface area contributed by atoms with E-state index in [-0.39, 0.29) is 17.1 Å². The molecule has 2 heterocycles. The van der Waals surface area contributed by atoms with E-state index in [1.54, 1.807) is 28.8 Å². The first-order valence-corrected chi connectivity index (χ1v) is 10.3. The lowest BCUT2D eigenvalue weighted by molar-refractivity contribution is -0.132. The van der Waals surface area contributed by atoms with Crippen molar-refractivity contribution < 1.29 is 19.1 Å². The molecule has 0 N–H and O–H groups in total. The number of carbonyl (C=O) groups is 3. The summed E-state index contributed by atoms with van der Waals surface area (Å²) in [6.45, 7) is 5.49. The number of hydrogen-bond donors (Lipinski definition) is 0. The number of benzene rings is 1. The van der Waals surface area contributed by atoms with E-state index in [9.17, 15) is 14.4 Å². The van der Waals surface area contributed by atoms with E-state index >= 15 is 0 Å². The van der Waals surface area contributed by atoms with Crippen LogP contribution in [0, 0.1) is 5.41 Å². The lowest BCUT2D eigenvalue weighted by atomic mass is 9.73. The lowest BCUT2D eigenvalue weighted by Crippen LogP contribution is -2.47. The summed E-state index contributed by atoms with van der Waals surface area (Å²) in [5, 5.41) is 0.676. The van der Waals surface area contributed by atoms with Crippen molar-refractivity contribution in [3.63, 3.8) is 0 Å². The molecule has 146 valence electrons. The number of Topliss-reactive ketones (excluding diaryl/α,β-unsaturated/α-hetero) is 1. The molecule has 0 aromatic heterocycles. The number of amides is 1. The van der Waals surface area contributed by atoms with Gasteiger partial charge in [0.15, 0.2) is 11.0 Å². The van der Waals surface area contributed by atoms with Crippen LogP contribution in [0.1, 0.15) is 51.6 Å². The number of rotatable bonds is 2. The Kier molecular flexibility index (Phi) is 4.65. The van der Waals surface area contributed by atoms with Crippen LogP contribution in [0.2, 0.25) is 0 Å². The molecule has 1 fully saturated rings. The van der Waals surface area contributed by atoms with Crippen LogP contribution in [0.4, 0.5) is 0 Å². The van der Waals surface area contributed by atoms with Gasteiger partial charge in [0.05, 0.1) is 11.7 Å². The number of amidine groups is 1. The van der Waals surface area contributed by atoms with Crippen LogP contribution in [-0.4, -0.2) is 33.5 Å². The Labute approximate surface area is 168 Å². The molecule has 1 unspecified atom stereocenters. The van der Waals surface area contributed by atoms with Gasteiger partial charge in [0, 0.05) is 31.1 Å². The fourth-order valence-corrected chi connectivity index (χ4v) is 5.00. The topological polar surface area (TPSA) is 76.0 Å². The number of aliphatic imine (C=N–C) groups is 1. The highest BCUT2D eigenvalue weighted by Crippen LogP contribution is 2.47. The standard InChI is InChI=1S/C21H22N2O4S/c1-12(24)27-14-6-4-13(5-7-14)19-18-15(10-21(2,3)11-16(18)25)22-20-23(19)17(26)8-9-28-20/h4-7,19H,8-11H2,1-3H3. The molecule has 1 aliphatic carbocycles.